The standard InChI is InChI=1S/C19H18FN5OS/c1-11-3-5-13(6-4-11)16-17(27-19-23-22-12(2)25(19)24-16)18(26)21-15-9-7-14(20)8-10-15/h3-10,16-17,24H,1-2H3,(H,21,26)/t16-,17+/m0/s1. The van der Waals surface area contributed by atoms with Crippen molar-refractivity contribution in [2.24, 2.45) is 0 Å². The lowest BCUT2D eigenvalue weighted by Crippen LogP contribution is -2.41. The van der Waals surface area contributed by atoms with E-state index in [2.05, 4.69) is 20.9 Å². The van der Waals surface area contributed by atoms with Crippen LogP contribution in [-0.4, -0.2) is 26.0 Å². The third-order valence-electron chi connectivity index (χ3n) is 4.41. The van der Waals surface area contributed by atoms with Crippen molar-refractivity contribution in [2.45, 2.75) is 30.3 Å². The minimum Gasteiger partial charge on any atom is -0.325 e. The molecule has 1 amide bonds. The SMILES string of the molecule is Cc1ccc([C@@H]2Nn3c(C)nnc3S[C@H]2C(=O)Nc2ccc(F)cc2)cc1. The maximum atomic E-state index is 13.1. The molecule has 138 valence electrons. The molecule has 2 heterocycles. The van der Waals surface area contributed by atoms with Gasteiger partial charge in [0.15, 0.2) is 0 Å². The fourth-order valence-corrected chi connectivity index (χ4v) is 4.06. The Bertz CT molecular complexity index is 971. The number of nitrogens with zero attached hydrogens (tertiary/aromatic N) is 3. The van der Waals surface area contributed by atoms with Crippen molar-refractivity contribution in [2.75, 3.05) is 10.7 Å². The zero-order chi connectivity index (χ0) is 19.0. The van der Waals surface area contributed by atoms with Crippen LogP contribution in [0.15, 0.2) is 53.7 Å². The van der Waals surface area contributed by atoms with Gasteiger partial charge in [-0.1, -0.05) is 41.6 Å². The lowest BCUT2D eigenvalue weighted by atomic mass is 10.0. The first-order chi connectivity index (χ1) is 13.0. The first-order valence-electron chi connectivity index (χ1n) is 8.49. The number of aromatic nitrogens is 3. The molecule has 3 aromatic rings. The highest BCUT2D eigenvalue weighted by Gasteiger charge is 2.37. The second-order valence-electron chi connectivity index (χ2n) is 6.42. The number of hydrogen-bond donors (Lipinski definition) is 2. The molecule has 0 bridgehead atoms. The van der Waals surface area contributed by atoms with Crippen LogP contribution in [0.4, 0.5) is 10.1 Å². The highest BCUT2D eigenvalue weighted by atomic mass is 32.2. The molecule has 1 aliphatic rings. The molecule has 0 fully saturated rings. The van der Waals surface area contributed by atoms with E-state index in [-0.39, 0.29) is 17.8 Å². The molecular formula is C19H18FN5OS. The molecule has 0 radical (unpaired) electrons. The molecule has 2 atom stereocenters. The quantitative estimate of drug-likeness (QED) is 0.725. The molecule has 6 nitrogen and oxygen atoms in total. The Hall–Kier alpha value is -2.87. The number of halogens is 1. The molecule has 8 heteroatoms. The van der Waals surface area contributed by atoms with Crippen molar-refractivity contribution in [3.63, 3.8) is 0 Å². The van der Waals surface area contributed by atoms with Gasteiger partial charge in [-0.25, -0.2) is 9.07 Å². The number of benzene rings is 2. The van der Waals surface area contributed by atoms with Crippen LogP contribution >= 0.6 is 11.8 Å². The van der Waals surface area contributed by atoms with Gasteiger partial charge in [-0.2, -0.15) is 0 Å². The largest absolute Gasteiger partial charge is 0.325 e. The van der Waals surface area contributed by atoms with Crippen LogP contribution in [-0.2, 0) is 4.79 Å². The Kier molecular flexibility index (Phi) is 4.57. The summed E-state index contributed by atoms with van der Waals surface area (Å²) >= 11 is 1.36. The molecule has 0 spiro atoms. The van der Waals surface area contributed by atoms with Crippen molar-refractivity contribution in [1.82, 2.24) is 14.9 Å². The molecular weight excluding hydrogens is 365 g/mol. The third-order valence-corrected chi connectivity index (χ3v) is 5.62. The number of thioether (sulfide) groups is 1. The Morgan fingerprint density at radius 3 is 2.52 bits per heavy atom. The van der Waals surface area contributed by atoms with E-state index in [1.165, 1.54) is 23.9 Å². The molecule has 4 rings (SSSR count). The van der Waals surface area contributed by atoms with Gasteiger partial charge in [0, 0.05) is 5.69 Å². The van der Waals surface area contributed by atoms with Gasteiger partial charge in [0.25, 0.3) is 0 Å². The zero-order valence-corrected chi connectivity index (χ0v) is 15.6. The van der Waals surface area contributed by atoms with Crippen LogP contribution < -0.4 is 10.7 Å². The van der Waals surface area contributed by atoms with E-state index in [1.54, 1.807) is 16.8 Å². The van der Waals surface area contributed by atoms with E-state index < -0.39 is 5.25 Å². The Balaban J connectivity index is 1.65. The summed E-state index contributed by atoms with van der Waals surface area (Å²) in [6.07, 6.45) is 0. The molecule has 0 unspecified atom stereocenters. The highest BCUT2D eigenvalue weighted by Crippen LogP contribution is 2.37. The maximum absolute atomic E-state index is 13.1. The van der Waals surface area contributed by atoms with E-state index in [9.17, 15) is 9.18 Å². The summed E-state index contributed by atoms with van der Waals surface area (Å²) in [4.78, 5) is 13.0. The number of hydrogen-bond acceptors (Lipinski definition) is 5. The van der Waals surface area contributed by atoms with Gasteiger partial charge in [-0.3, -0.25) is 4.79 Å². The fourth-order valence-electron chi connectivity index (χ4n) is 2.93. The van der Waals surface area contributed by atoms with Crippen LogP contribution in [0.5, 0.6) is 0 Å². The van der Waals surface area contributed by atoms with Gasteiger partial charge in [-0.05, 0) is 43.7 Å². The summed E-state index contributed by atoms with van der Waals surface area (Å²) in [5, 5.41) is 11.3. The second-order valence-corrected chi connectivity index (χ2v) is 7.53. The summed E-state index contributed by atoms with van der Waals surface area (Å²) < 4.78 is 14.9. The van der Waals surface area contributed by atoms with Gasteiger partial charge < -0.3 is 10.7 Å². The predicted octanol–water partition coefficient (Wildman–Crippen LogP) is 3.43. The van der Waals surface area contributed by atoms with Crippen molar-refractivity contribution in [3.8, 4) is 0 Å². The smallest absolute Gasteiger partial charge is 0.240 e. The molecule has 27 heavy (non-hydrogen) atoms. The Labute approximate surface area is 160 Å². The van der Waals surface area contributed by atoms with Crippen molar-refractivity contribution in [1.29, 1.82) is 0 Å². The summed E-state index contributed by atoms with van der Waals surface area (Å²) in [5.41, 5.74) is 6.05. The summed E-state index contributed by atoms with van der Waals surface area (Å²) in [6, 6.07) is 13.5. The summed E-state index contributed by atoms with van der Waals surface area (Å²) in [6.45, 7) is 3.88. The van der Waals surface area contributed by atoms with E-state index in [0.29, 0.717) is 10.8 Å². The van der Waals surface area contributed by atoms with E-state index in [4.69, 9.17) is 0 Å². The monoisotopic (exact) mass is 383 g/mol. The predicted molar refractivity (Wildman–Crippen MR) is 103 cm³/mol. The van der Waals surface area contributed by atoms with Crippen molar-refractivity contribution < 1.29 is 9.18 Å². The minimum absolute atomic E-state index is 0.184. The van der Waals surface area contributed by atoms with Gasteiger partial charge in [0.05, 0.1) is 6.04 Å². The normalized spacial score (nSPS) is 18.5. The van der Waals surface area contributed by atoms with E-state index in [1.807, 2.05) is 38.1 Å². The lowest BCUT2D eigenvalue weighted by molar-refractivity contribution is -0.116. The van der Waals surface area contributed by atoms with E-state index >= 15 is 0 Å². The van der Waals surface area contributed by atoms with Gasteiger partial charge in [0.1, 0.15) is 16.9 Å². The molecule has 1 aliphatic heterocycles. The van der Waals surface area contributed by atoms with Gasteiger partial charge in [0.2, 0.25) is 11.1 Å². The first kappa shape index (κ1) is 17.5. The molecule has 2 N–H and O–H groups in total. The molecule has 0 saturated heterocycles. The average molecular weight is 383 g/mol. The fraction of sp³-hybridized carbons (Fsp3) is 0.211. The number of fused-ring (bicyclic) bond motifs is 1. The second kappa shape index (κ2) is 7.03. The topological polar surface area (TPSA) is 71.8 Å². The van der Waals surface area contributed by atoms with E-state index in [0.717, 1.165) is 17.0 Å². The van der Waals surface area contributed by atoms with Crippen LogP contribution in [0.25, 0.3) is 0 Å². The van der Waals surface area contributed by atoms with Crippen molar-refractivity contribution >= 4 is 23.4 Å². The Morgan fingerprint density at radius 2 is 1.81 bits per heavy atom. The number of rotatable bonds is 3. The van der Waals surface area contributed by atoms with Crippen LogP contribution in [0.1, 0.15) is 23.0 Å². The summed E-state index contributed by atoms with van der Waals surface area (Å²) in [5.74, 6) is 0.200. The number of anilines is 1. The van der Waals surface area contributed by atoms with Crippen LogP contribution in [0.2, 0.25) is 0 Å². The molecule has 1 aromatic heterocycles. The number of carbonyl (C=O) groups is 1. The van der Waals surface area contributed by atoms with Crippen molar-refractivity contribution in [3.05, 3.63) is 71.3 Å². The molecule has 0 saturated carbocycles. The zero-order valence-electron chi connectivity index (χ0n) is 14.8. The third kappa shape index (κ3) is 3.52. The number of amides is 1. The summed E-state index contributed by atoms with van der Waals surface area (Å²) in [7, 11) is 0. The van der Waals surface area contributed by atoms with Gasteiger partial charge >= 0.3 is 0 Å². The number of carbonyl (C=O) groups excluding carboxylic acids is 1. The minimum atomic E-state index is -0.464. The maximum Gasteiger partial charge on any atom is 0.240 e. The average Bonchev–Trinajstić information content (AvgIpc) is 3.03. The number of aryl methyl sites for hydroxylation is 2. The lowest BCUT2D eigenvalue weighted by Gasteiger charge is -2.32. The van der Waals surface area contributed by atoms with Gasteiger partial charge in [-0.15, -0.1) is 10.2 Å². The van der Waals surface area contributed by atoms with Crippen LogP contribution in [0, 0.1) is 19.7 Å². The highest BCUT2D eigenvalue weighted by molar-refractivity contribution is 8.00. The Morgan fingerprint density at radius 1 is 1.11 bits per heavy atom. The number of nitrogens with one attached hydrogen (secondary N) is 2. The van der Waals surface area contributed by atoms with Crippen LogP contribution in [0.3, 0.4) is 0 Å². The first-order valence-corrected chi connectivity index (χ1v) is 9.37. The molecule has 0 aliphatic carbocycles. The molecule has 2 aromatic carbocycles.